The van der Waals surface area contributed by atoms with Crippen LogP contribution in [0.15, 0.2) is 11.0 Å². The molecular weight excluding hydrogens is 173 g/mol. The Bertz CT molecular complexity index is 310. The Morgan fingerprint density at radius 1 is 1.33 bits per heavy atom. The Morgan fingerprint density at radius 2 is 1.92 bits per heavy atom. The van der Waals surface area contributed by atoms with E-state index in [4.69, 9.17) is 5.73 Å². The molecular formula is C9H12FNS. The lowest BCUT2D eigenvalue weighted by atomic mass is 10.1. The molecule has 0 saturated heterocycles. The fraction of sp³-hybridized carbons (Fsp3) is 0.333. The summed E-state index contributed by atoms with van der Waals surface area (Å²) in [6.07, 6.45) is 1.86. The van der Waals surface area contributed by atoms with Crippen molar-refractivity contribution in [3.63, 3.8) is 0 Å². The fourth-order valence-electron chi connectivity index (χ4n) is 1.13. The van der Waals surface area contributed by atoms with Crippen LogP contribution in [-0.4, -0.2) is 6.26 Å². The molecule has 0 radical (unpaired) electrons. The summed E-state index contributed by atoms with van der Waals surface area (Å²) in [6, 6.07) is 1.38. The van der Waals surface area contributed by atoms with Crippen molar-refractivity contribution >= 4 is 17.4 Å². The maximum absolute atomic E-state index is 13.2. The molecule has 0 saturated carbocycles. The minimum absolute atomic E-state index is 0.219. The number of halogens is 1. The van der Waals surface area contributed by atoms with Crippen molar-refractivity contribution in [2.24, 2.45) is 0 Å². The standard InChI is InChI=1S/C9H12FNS/c1-5-6(2)9(12-3)7(10)4-8(5)11/h4H,11H2,1-3H3. The zero-order valence-corrected chi connectivity index (χ0v) is 8.26. The van der Waals surface area contributed by atoms with Crippen molar-refractivity contribution < 1.29 is 4.39 Å². The van der Waals surface area contributed by atoms with E-state index in [1.165, 1.54) is 17.8 Å². The molecule has 0 amide bonds. The smallest absolute Gasteiger partial charge is 0.139 e. The van der Waals surface area contributed by atoms with E-state index in [2.05, 4.69) is 0 Å². The van der Waals surface area contributed by atoms with Crippen LogP contribution >= 0.6 is 11.8 Å². The molecule has 0 fully saturated rings. The third-order valence-electron chi connectivity index (χ3n) is 2.04. The van der Waals surface area contributed by atoms with Gasteiger partial charge in [0.25, 0.3) is 0 Å². The van der Waals surface area contributed by atoms with Crippen LogP contribution in [0, 0.1) is 19.7 Å². The zero-order valence-electron chi connectivity index (χ0n) is 7.44. The summed E-state index contributed by atoms with van der Waals surface area (Å²) in [5.74, 6) is -0.219. The van der Waals surface area contributed by atoms with Crippen LogP contribution in [0.5, 0.6) is 0 Å². The second-order valence-corrected chi connectivity index (χ2v) is 3.55. The Balaban J connectivity index is 3.40. The first-order valence-corrected chi connectivity index (χ1v) is 4.89. The van der Waals surface area contributed by atoms with Gasteiger partial charge >= 0.3 is 0 Å². The maximum Gasteiger partial charge on any atom is 0.139 e. The predicted molar refractivity (Wildman–Crippen MR) is 52.1 cm³/mol. The van der Waals surface area contributed by atoms with Crippen LogP contribution in [0.2, 0.25) is 0 Å². The average Bonchev–Trinajstić information content (AvgIpc) is 2.01. The van der Waals surface area contributed by atoms with Gasteiger partial charge in [-0.25, -0.2) is 4.39 Å². The first kappa shape index (κ1) is 9.39. The van der Waals surface area contributed by atoms with E-state index in [9.17, 15) is 4.39 Å². The molecule has 1 rings (SSSR count). The van der Waals surface area contributed by atoms with Gasteiger partial charge < -0.3 is 5.73 Å². The SMILES string of the molecule is CSc1c(F)cc(N)c(C)c1C. The van der Waals surface area contributed by atoms with Crippen molar-refractivity contribution in [1.29, 1.82) is 0 Å². The first-order chi connectivity index (χ1) is 5.57. The highest BCUT2D eigenvalue weighted by Crippen LogP contribution is 2.29. The summed E-state index contributed by atoms with van der Waals surface area (Å²) in [7, 11) is 0. The van der Waals surface area contributed by atoms with Crippen molar-refractivity contribution in [2.75, 3.05) is 12.0 Å². The van der Waals surface area contributed by atoms with E-state index in [-0.39, 0.29) is 5.82 Å². The monoisotopic (exact) mass is 185 g/mol. The van der Waals surface area contributed by atoms with Crippen molar-refractivity contribution in [3.05, 3.63) is 23.0 Å². The Morgan fingerprint density at radius 3 is 2.42 bits per heavy atom. The van der Waals surface area contributed by atoms with Crippen molar-refractivity contribution in [2.45, 2.75) is 18.7 Å². The number of thioether (sulfide) groups is 1. The van der Waals surface area contributed by atoms with Crippen LogP contribution in [-0.2, 0) is 0 Å². The lowest BCUT2D eigenvalue weighted by Crippen LogP contribution is -1.97. The third-order valence-corrected chi connectivity index (χ3v) is 2.95. The molecule has 0 spiro atoms. The highest BCUT2D eigenvalue weighted by Gasteiger charge is 2.09. The summed E-state index contributed by atoms with van der Waals surface area (Å²) < 4.78 is 13.2. The Hall–Kier alpha value is -0.700. The summed E-state index contributed by atoms with van der Waals surface area (Å²) in [5.41, 5.74) is 8.04. The molecule has 2 N–H and O–H groups in total. The van der Waals surface area contributed by atoms with Crippen LogP contribution < -0.4 is 5.73 Å². The molecule has 0 aliphatic carbocycles. The van der Waals surface area contributed by atoms with Gasteiger partial charge in [-0.2, -0.15) is 0 Å². The van der Waals surface area contributed by atoms with Gasteiger partial charge in [0.2, 0.25) is 0 Å². The normalized spacial score (nSPS) is 10.3. The van der Waals surface area contributed by atoms with Crippen molar-refractivity contribution in [1.82, 2.24) is 0 Å². The number of hydrogen-bond acceptors (Lipinski definition) is 2. The lowest BCUT2D eigenvalue weighted by molar-refractivity contribution is 0.599. The molecule has 1 aromatic carbocycles. The zero-order chi connectivity index (χ0) is 9.30. The maximum atomic E-state index is 13.2. The molecule has 0 heterocycles. The number of benzene rings is 1. The summed E-state index contributed by atoms with van der Waals surface area (Å²) >= 11 is 1.41. The van der Waals surface area contributed by atoms with Gasteiger partial charge in [-0.05, 0) is 37.3 Å². The molecule has 3 heteroatoms. The number of nitrogen functional groups attached to an aromatic ring is 1. The number of rotatable bonds is 1. The number of nitrogens with two attached hydrogens (primary N) is 1. The average molecular weight is 185 g/mol. The highest BCUT2D eigenvalue weighted by atomic mass is 32.2. The van der Waals surface area contributed by atoms with E-state index in [0.717, 1.165) is 11.1 Å². The Kier molecular flexibility index (Phi) is 2.62. The van der Waals surface area contributed by atoms with Gasteiger partial charge in [0.15, 0.2) is 0 Å². The molecule has 0 aliphatic rings. The van der Waals surface area contributed by atoms with Gasteiger partial charge in [0.1, 0.15) is 5.82 Å². The van der Waals surface area contributed by atoms with E-state index in [1.807, 2.05) is 20.1 Å². The van der Waals surface area contributed by atoms with Gasteiger partial charge in [-0.1, -0.05) is 0 Å². The van der Waals surface area contributed by atoms with E-state index in [1.54, 1.807) is 0 Å². The molecule has 12 heavy (non-hydrogen) atoms. The largest absolute Gasteiger partial charge is 0.398 e. The lowest BCUT2D eigenvalue weighted by Gasteiger charge is -2.09. The minimum atomic E-state index is -0.219. The predicted octanol–water partition coefficient (Wildman–Crippen LogP) is 2.75. The molecule has 0 atom stereocenters. The van der Waals surface area contributed by atoms with Crippen LogP contribution in [0.25, 0.3) is 0 Å². The number of hydrogen-bond donors (Lipinski definition) is 1. The molecule has 66 valence electrons. The third kappa shape index (κ3) is 1.41. The van der Waals surface area contributed by atoms with Gasteiger partial charge in [-0.15, -0.1) is 11.8 Å². The second kappa shape index (κ2) is 3.35. The number of anilines is 1. The van der Waals surface area contributed by atoms with Crippen LogP contribution in [0.4, 0.5) is 10.1 Å². The molecule has 1 nitrogen and oxygen atoms in total. The van der Waals surface area contributed by atoms with E-state index < -0.39 is 0 Å². The summed E-state index contributed by atoms with van der Waals surface area (Å²) in [4.78, 5) is 0.696. The molecule has 0 aromatic heterocycles. The molecule has 0 aliphatic heterocycles. The quantitative estimate of drug-likeness (QED) is 0.538. The van der Waals surface area contributed by atoms with Gasteiger partial charge in [0, 0.05) is 10.6 Å². The fourth-order valence-corrected chi connectivity index (χ4v) is 1.84. The van der Waals surface area contributed by atoms with Gasteiger partial charge in [-0.3, -0.25) is 0 Å². The van der Waals surface area contributed by atoms with E-state index in [0.29, 0.717) is 10.6 Å². The Labute approximate surface area is 76.2 Å². The summed E-state index contributed by atoms with van der Waals surface area (Å²) in [6.45, 7) is 3.80. The van der Waals surface area contributed by atoms with Crippen molar-refractivity contribution in [3.8, 4) is 0 Å². The molecule has 0 unspecified atom stereocenters. The first-order valence-electron chi connectivity index (χ1n) is 3.67. The summed E-state index contributed by atoms with van der Waals surface area (Å²) in [5, 5.41) is 0. The second-order valence-electron chi connectivity index (χ2n) is 2.73. The van der Waals surface area contributed by atoms with Crippen LogP contribution in [0.3, 0.4) is 0 Å². The highest BCUT2D eigenvalue weighted by molar-refractivity contribution is 7.98. The molecule has 1 aromatic rings. The van der Waals surface area contributed by atoms with E-state index >= 15 is 0 Å². The van der Waals surface area contributed by atoms with Gasteiger partial charge in [0.05, 0.1) is 0 Å². The molecule has 0 bridgehead atoms. The minimum Gasteiger partial charge on any atom is -0.398 e. The van der Waals surface area contributed by atoms with Crippen LogP contribution in [0.1, 0.15) is 11.1 Å². The topological polar surface area (TPSA) is 26.0 Å².